The molecule has 2 aliphatic rings. The average molecular weight is 401 g/mol. The Hall–Kier alpha value is -2.94. The summed E-state index contributed by atoms with van der Waals surface area (Å²) in [6.45, 7) is 3.83. The summed E-state index contributed by atoms with van der Waals surface area (Å²) in [5.41, 5.74) is 2.76. The number of nitro benzene ring substituents is 1. The Morgan fingerprint density at radius 2 is 1.68 bits per heavy atom. The normalized spacial score (nSPS) is 23.1. The smallest absolute Gasteiger partial charge is 0.288 e. The number of carbonyl (C=O) groups excluding carboxylic acids is 1. The van der Waals surface area contributed by atoms with Gasteiger partial charge in [-0.2, -0.15) is 0 Å². The summed E-state index contributed by atoms with van der Waals surface area (Å²) in [5, 5.41) is 11.1. The van der Waals surface area contributed by atoms with E-state index >= 15 is 0 Å². The van der Waals surface area contributed by atoms with E-state index in [4.69, 9.17) is 0 Å². The number of carbonyl (C=O) groups is 1. The van der Waals surface area contributed by atoms with Crippen LogP contribution in [0.15, 0.2) is 42.5 Å². The van der Waals surface area contributed by atoms with Crippen LogP contribution in [0.2, 0.25) is 0 Å². The van der Waals surface area contributed by atoms with E-state index in [2.05, 4.69) is 0 Å². The molecule has 0 radical (unpaired) electrons. The van der Waals surface area contributed by atoms with Gasteiger partial charge >= 0.3 is 6.03 Å². The number of nitrogens with zero attached hydrogens (tertiary/aromatic N) is 3. The molecule has 2 saturated heterocycles. The molecule has 2 aliphatic heterocycles. The van der Waals surface area contributed by atoms with Crippen LogP contribution < -0.4 is 9.80 Å². The molecule has 0 saturated carbocycles. The summed E-state index contributed by atoms with van der Waals surface area (Å²) in [5.74, 6) is -0.282. The van der Waals surface area contributed by atoms with Gasteiger partial charge in [-0.3, -0.25) is 19.9 Å². The summed E-state index contributed by atoms with van der Waals surface area (Å²) >= 11 is 0. The van der Waals surface area contributed by atoms with Gasteiger partial charge in [-0.1, -0.05) is 18.2 Å². The molecular formula is C19H19N3O5S. The van der Waals surface area contributed by atoms with Crippen molar-refractivity contribution in [3.05, 3.63) is 63.7 Å². The zero-order valence-corrected chi connectivity index (χ0v) is 16.2. The summed E-state index contributed by atoms with van der Waals surface area (Å²) in [6, 6.07) is 9.84. The Morgan fingerprint density at radius 1 is 1.04 bits per heavy atom. The number of rotatable bonds is 3. The van der Waals surface area contributed by atoms with E-state index in [-0.39, 0.29) is 23.2 Å². The molecule has 0 unspecified atom stereocenters. The first-order valence-corrected chi connectivity index (χ1v) is 10.7. The van der Waals surface area contributed by atoms with E-state index in [0.717, 1.165) is 11.1 Å². The molecule has 28 heavy (non-hydrogen) atoms. The highest BCUT2D eigenvalue weighted by atomic mass is 32.2. The highest BCUT2D eigenvalue weighted by molar-refractivity contribution is 7.91. The highest BCUT2D eigenvalue weighted by Gasteiger charge is 2.54. The molecule has 2 atom stereocenters. The lowest BCUT2D eigenvalue weighted by molar-refractivity contribution is -0.384. The fraction of sp³-hybridized carbons (Fsp3) is 0.316. The topological polar surface area (TPSA) is 101 Å². The lowest BCUT2D eigenvalue weighted by atomic mass is 10.1. The fourth-order valence-corrected chi connectivity index (χ4v) is 5.96. The first-order valence-electron chi connectivity index (χ1n) is 8.83. The molecule has 0 spiro atoms. The molecule has 4 rings (SSSR count). The van der Waals surface area contributed by atoms with Crippen LogP contribution in [0, 0.1) is 24.0 Å². The molecule has 9 heteroatoms. The van der Waals surface area contributed by atoms with Gasteiger partial charge in [0.05, 0.1) is 34.2 Å². The Kier molecular flexibility index (Phi) is 4.15. The fourth-order valence-electron chi connectivity index (χ4n) is 4.04. The minimum atomic E-state index is -3.33. The summed E-state index contributed by atoms with van der Waals surface area (Å²) in [6.07, 6.45) is 0. The number of hydrogen-bond acceptors (Lipinski definition) is 5. The number of sulfone groups is 1. The van der Waals surface area contributed by atoms with Crippen molar-refractivity contribution in [3.63, 3.8) is 0 Å². The monoisotopic (exact) mass is 401 g/mol. The van der Waals surface area contributed by atoms with Gasteiger partial charge in [0.15, 0.2) is 9.84 Å². The molecule has 0 bridgehead atoms. The van der Waals surface area contributed by atoms with Gasteiger partial charge in [-0.25, -0.2) is 13.2 Å². The SMILES string of the molecule is Cc1cccc(N2C(=O)N(c3cccc([N+](=O)[O-])c3)[C@@H]3CS(=O)(=O)C[C@@H]32)c1C. The zero-order valence-electron chi connectivity index (χ0n) is 15.4. The van der Waals surface area contributed by atoms with E-state index in [9.17, 15) is 23.3 Å². The van der Waals surface area contributed by atoms with Crippen molar-refractivity contribution in [3.8, 4) is 0 Å². The first-order chi connectivity index (χ1) is 13.2. The summed E-state index contributed by atoms with van der Waals surface area (Å²) in [4.78, 5) is 26.9. The predicted octanol–water partition coefficient (Wildman–Crippen LogP) is 2.82. The van der Waals surface area contributed by atoms with Crippen LogP contribution in [0.3, 0.4) is 0 Å². The van der Waals surface area contributed by atoms with E-state index in [1.807, 2.05) is 26.0 Å². The standard InChI is InChI=1S/C19H19N3O5S/c1-12-5-3-8-16(13(12)2)21-18-11-28(26,27)10-17(18)20(19(21)23)14-6-4-7-15(9-14)22(24)25/h3-9,17-18H,10-11H2,1-2H3/t17-,18+/m1/s1. The number of amides is 2. The molecule has 0 N–H and O–H groups in total. The zero-order chi connectivity index (χ0) is 20.2. The van der Waals surface area contributed by atoms with Crippen LogP contribution in [0.4, 0.5) is 21.9 Å². The number of anilines is 2. The van der Waals surface area contributed by atoms with Crippen LogP contribution in [0.5, 0.6) is 0 Å². The minimum Gasteiger partial charge on any atom is -0.288 e. The number of hydrogen-bond donors (Lipinski definition) is 0. The van der Waals surface area contributed by atoms with E-state index in [0.29, 0.717) is 11.4 Å². The second kappa shape index (κ2) is 6.30. The third kappa shape index (κ3) is 2.82. The van der Waals surface area contributed by atoms with E-state index < -0.39 is 26.8 Å². The number of non-ortho nitro benzene ring substituents is 1. The third-order valence-electron chi connectivity index (χ3n) is 5.52. The quantitative estimate of drug-likeness (QED) is 0.447. The van der Waals surface area contributed by atoms with E-state index in [1.165, 1.54) is 28.0 Å². The largest absolute Gasteiger partial charge is 0.329 e. The van der Waals surface area contributed by atoms with Crippen LogP contribution in [0.1, 0.15) is 11.1 Å². The second-order valence-corrected chi connectivity index (χ2v) is 9.38. The predicted molar refractivity (Wildman–Crippen MR) is 106 cm³/mol. The number of aryl methyl sites for hydroxylation is 1. The molecule has 2 aromatic rings. The second-order valence-electron chi connectivity index (χ2n) is 7.23. The Balaban J connectivity index is 1.85. The van der Waals surface area contributed by atoms with Gasteiger partial charge in [0.25, 0.3) is 5.69 Å². The number of fused-ring (bicyclic) bond motifs is 1. The number of urea groups is 1. The van der Waals surface area contributed by atoms with Crippen molar-refractivity contribution in [2.24, 2.45) is 0 Å². The lowest BCUT2D eigenvalue weighted by Crippen LogP contribution is -2.38. The Labute approximate surface area is 162 Å². The average Bonchev–Trinajstić information content (AvgIpc) is 3.06. The number of benzene rings is 2. The van der Waals surface area contributed by atoms with Crippen molar-refractivity contribution in [1.29, 1.82) is 0 Å². The molecule has 0 aromatic heterocycles. The molecule has 2 heterocycles. The van der Waals surface area contributed by atoms with Crippen molar-refractivity contribution in [2.75, 3.05) is 21.3 Å². The third-order valence-corrected chi connectivity index (χ3v) is 7.22. The van der Waals surface area contributed by atoms with Crippen LogP contribution in [0.25, 0.3) is 0 Å². The van der Waals surface area contributed by atoms with Gasteiger partial charge in [0, 0.05) is 17.8 Å². The molecule has 2 amide bonds. The minimum absolute atomic E-state index is 0.123. The molecule has 0 aliphatic carbocycles. The van der Waals surface area contributed by atoms with Crippen LogP contribution in [-0.2, 0) is 9.84 Å². The van der Waals surface area contributed by atoms with Gasteiger partial charge in [0.2, 0.25) is 0 Å². The van der Waals surface area contributed by atoms with Crippen molar-refractivity contribution < 1.29 is 18.1 Å². The maximum atomic E-state index is 13.4. The Morgan fingerprint density at radius 3 is 2.36 bits per heavy atom. The molecule has 2 fully saturated rings. The maximum absolute atomic E-state index is 13.4. The molecular weight excluding hydrogens is 382 g/mol. The van der Waals surface area contributed by atoms with E-state index in [1.54, 1.807) is 12.1 Å². The van der Waals surface area contributed by atoms with Gasteiger partial charge < -0.3 is 0 Å². The first kappa shape index (κ1) is 18.4. The van der Waals surface area contributed by atoms with Gasteiger partial charge in [-0.05, 0) is 37.1 Å². The van der Waals surface area contributed by atoms with Crippen LogP contribution >= 0.6 is 0 Å². The molecule has 146 valence electrons. The number of nitro groups is 1. The Bertz CT molecular complexity index is 1100. The van der Waals surface area contributed by atoms with Crippen molar-refractivity contribution in [1.82, 2.24) is 0 Å². The lowest BCUT2D eigenvalue weighted by Gasteiger charge is -2.24. The van der Waals surface area contributed by atoms with Crippen molar-refractivity contribution in [2.45, 2.75) is 25.9 Å². The van der Waals surface area contributed by atoms with Gasteiger partial charge in [-0.15, -0.1) is 0 Å². The molecule has 2 aromatic carbocycles. The maximum Gasteiger partial charge on any atom is 0.329 e. The van der Waals surface area contributed by atoms with Crippen molar-refractivity contribution >= 4 is 32.9 Å². The molecule has 8 nitrogen and oxygen atoms in total. The summed E-state index contributed by atoms with van der Waals surface area (Å²) in [7, 11) is -3.33. The van der Waals surface area contributed by atoms with Crippen LogP contribution in [-0.4, -0.2) is 43.0 Å². The summed E-state index contributed by atoms with van der Waals surface area (Å²) < 4.78 is 24.7. The van der Waals surface area contributed by atoms with Gasteiger partial charge in [0.1, 0.15) is 0 Å². The highest BCUT2D eigenvalue weighted by Crippen LogP contribution is 2.40.